The molecule has 0 aromatic carbocycles. The maximum absolute atomic E-state index is 12.4. The zero-order valence-corrected chi connectivity index (χ0v) is 12.6. The molecule has 2 aromatic rings. The molecular weight excluding hydrogens is 292 g/mol. The Hall–Kier alpha value is -1.10. The molecule has 1 fully saturated rings. The van der Waals surface area contributed by atoms with Gasteiger partial charge in [-0.05, 0) is 56.9 Å². The minimum Gasteiger partial charge on any atom is -0.289 e. The molecule has 3 rings (SSSR count). The first kappa shape index (κ1) is 12.9. The number of hydrogen-bond acceptors (Lipinski definition) is 4. The second kappa shape index (κ2) is 5.90. The largest absolute Gasteiger partial charge is 0.289 e. The fourth-order valence-electron chi connectivity index (χ4n) is 1.94. The molecular formula is C15H12OS3. The van der Waals surface area contributed by atoms with E-state index < -0.39 is 0 Å². The Labute approximate surface area is 124 Å². The van der Waals surface area contributed by atoms with Crippen LogP contribution in [0.5, 0.6) is 0 Å². The van der Waals surface area contributed by atoms with Crippen LogP contribution >= 0.6 is 34.4 Å². The number of hydrogen-bond donors (Lipinski definition) is 0. The van der Waals surface area contributed by atoms with E-state index in [1.165, 1.54) is 0 Å². The molecule has 4 heteroatoms. The van der Waals surface area contributed by atoms with Gasteiger partial charge in [0, 0.05) is 22.7 Å². The van der Waals surface area contributed by atoms with Crippen LogP contribution in [-0.4, -0.2) is 17.3 Å². The summed E-state index contributed by atoms with van der Waals surface area (Å²) in [5.74, 6) is 1.84. The van der Waals surface area contributed by atoms with Crippen molar-refractivity contribution in [1.82, 2.24) is 0 Å². The lowest BCUT2D eigenvalue weighted by Crippen LogP contribution is -2.15. The summed E-state index contributed by atoms with van der Waals surface area (Å²) in [6.45, 7) is 0. The SMILES string of the molecule is O=C1C(=Cc2ccsc2)CSCC1=Cc1ccsc1. The highest BCUT2D eigenvalue weighted by Gasteiger charge is 2.20. The Morgan fingerprint density at radius 2 is 1.42 bits per heavy atom. The number of carbonyl (C=O) groups is 1. The summed E-state index contributed by atoms with van der Waals surface area (Å²) in [4.78, 5) is 12.4. The van der Waals surface area contributed by atoms with Gasteiger partial charge in [0.25, 0.3) is 0 Å². The fourth-order valence-corrected chi connectivity index (χ4v) is 4.15. The Morgan fingerprint density at radius 1 is 0.895 bits per heavy atom. The summed E-state index contributed by atoms with van der Waals surface area (Å²) in [5, 5.41) is 8.22. The predicted octanol–water partition coefficient (Wildman–Crippen LogP) is 4.59. The standard InChI is InChI=1S/C15H12OS3/c16-15-13(5-11-1-3-17-7-11)9-19-10-14(15)6-12-2-4-18-8-12/h1-8H,9-10H2. The van der Waals surface area contributed by atoms with E-state index in [0.717, 1.165) is 33.8 Å². The van der Waals surface area contributed by atoms with E-state index in [2.05, 4.69) is 10.8 Å². The molecule has 1 nitrogen and oxygen atoms in total. The fraction of sp³-hybridized carbons (Fsp3) is 0.133. The van der Waals surface area contributed by atoms with Crippen LogP contribution in [0.15, 0.2) is 44.8 Å². The Kier molecular flexibility index (Phi) is 4.01. The molecule has 19 heavy (non-hydrogen) atoms. The molecule has 0 amide bonds. The zero-order valence-electron chi connectivity index (χ0n) is 10.2. The van der Waals surface area contributed by atoms with Gasteiger partial charge in [-0.1, -0.05) is 0 Å². The smallest absolute Gasteiger partial charge is 0.186 e. The third-order valence-electron chi connectivity index (χ3n) is 2.87. The predicted molar refractivity (Wildman–Crippen MR) is 86.9 cm³/mol. The lowest BCUT2D eigenvalue weighted by atomic mass is 10.0. The van der Waals surface area contributed by atoms with Crippen molar-refractivity contribution in [3.63, 3.8) is 0 Å². The average molecular weight is 304 g/mol. The quantitative estimate of drug-likeness (QED) is 0.755. The van der Waals surface area contributed by atoms with Gasteiger partial charge in [0.15, 0.2) is 5.78 Å². The highest BCUT2D eigenvalue weighted by molar-refractivity contribution is 7.99. The minimum absolute atomic E-state index is 0.205. The van der Waals surface area contributed by atoms with Crippen LogP contribution < -0.4 is 0 Å². The van der Waals surface area contributed by atoms with Gasteiger partial charge in [-0.15, -0.1) is 0 Å². The van der Waals surface area contributed by atoms with Crippen LogP contribution in [0.4, 0.5) is 0 Å². The Bertz CT molecular complexity index is 564. The van der Waals surface area contributed by atoms with E-state index in [1.807, 2.05) is 46.8 Å². The first-order valence-corrected chi connectivity index (χ1v) is 8.95. The van der Waals surface area contributed by atoms with Crippen LogP contribution in [0.2, 0.25) is 0 Å². The van der Waals surface area contributed by atoms with Gasteiger partial charge in [0.2, 0.25) is 0 Å². The molecule has 2 aromatic heterocycles. The lowest BCUT2D eigenvalue weighted by molar-refractivity contribution is -0.112. The monoisotopic (exact) mass is 304 g/mol. The van der Waals surface area contributed by atoms with Gasteiger partial charge in [-0.2, -0.15) is 34.4 Å². The second-order valence-corrected chi connectivity index (χ2v) is 6.82. The normalized spacial score (nSPS) is 20.3. The molecule has 0 spiro atoms. The summed E-state index contributed by atoms with van der Waals surface area (Å²) in [5.41, 5.74) is 4.09. The summed E-state index contributed by atoms with van der Waals surface area (Å²) in [7, 11) is 0. The first-order chi connectivity index (χ1) is 9.33. The molecule has 3 heterocycles. The van der Waals surface area contributed by atoms with Crippen LogP contribution in [0, 0.1) is 0 Å². The number of thioether (sulfide) groups is 1. The van der Waals surface area contributed by atoms with Crippen molar-refractivity contribution < 1.29 is 4.79 Å². The van der Waals surface area contributed by atoms with Gasteiger partial charge in [-0.25, -0.2) is 0 Å². The van der Waals surface area contributed by atoms with Gasteiger partial charge >= 0.3 is 0 Å². The van der Waals surface area contributed by atoms with Crippen LogP contribution in [0.3, 0.4) is 0 Å². The first-order valence-electron chi connectivity index (χ1n) is 5.91. The maximum atomic E-state index is 12.4. The van der Waals surface area contributed by atoms with Crippen molar-refractivity contribution in [3.05, 3.63) is 55.9 Å². The summed E-state index contributed by atoms with van der Waals surface area (Å²) in [6.07, 6.45) is 4.04. The highest BCUT2D eigenvalue weighted by atomic mass is 32.2. The number of thiophene rings is 2. The number of rotatable bonds is 2. The summed E-state index contributed by atoms with van der Waals surface area (Å²) >= 11 is 5.12. The van der Waals surface area contributed by atoms with Crippen LogP contribution in [0.25, 0.3) is 12.2 Å². The summed E-state index contributed by atoms with van der Waals surface area (Å²) < 4.78 is 0. The molecule has 1 aliphatic heterocycles. The highest BCUT2D eigenvalue weighted by Crippen LogP contribution is 2.27. The minimum atomic E-state index is 0.205. The molecule has 96 valence electrons. The number of carbonyl (C=O) groups excluding carboxylic acids is 1. The van der Waals surface area contributed by atoms with Crippen molar-refractivity contribution in [2.45, 2.75) is 0 Å². The average Bonchev–Trinajstić information content (AvgIpc) is 3.07. The Morgan fingerprint density at radius 3 is 1.84 bits per heavy atom. The van der Waals surface area contributed by atoms with E-state index in [1.54, 1.807) is 22.7 Å². The molecule has 0 unspecified atom stereocenters. The van der Waals surface area contributed by atoms with Crippen molar-refractivity contribution in [1.29, 1.82) is 0 Å². The summed E-state index contributed by atoms with van der Waals surface area (Å²) in [6, 6.07) is 4.10. The number of ketones is 1. The van der Waals surface area contributed by atoms with Crippen LogP contribution in [0.1, 0.15) is 11.1 Å². The van der Waals surface area contributed by atoms with Gasteiger partial charge in [0.1, 0.15) is 0 Å². The second-order valence-electron chi connectivity index (χ2n) is 4.27. The van der Waals surface area contributed by atoms with Crippen LogP contribution in [-0.2, 0) is 4.79 Å². The third-order valence-corrected chi connectivity index (χ3v) is 5.30. The zero-order chi connectivity index (χ0) is 13.1. The van der Waals surface area contributed by atoms with Gasteiger partial charge in [0.05, 0.1) is 0 Å². The van der Waals surface area contributed by atoms with Crippen molar-refractivity contribution in [3.8, 4) is 0 Å². The molecule has 0 bridgehead atoms. The molecule has 0 N–H and O–H groups in total. The molecule has 0 atom stereocenters. The van der Waals surface area contributed by atoms with Crippen molar-refractivity contribution >= 4 is 52.4 Å². The molecule has 0 saturated carbocycles. The van der Waals surface area contributed by atoms with E-state index in [4.69, 9.17) is 0 Å². The maximum Gasteiger partial charge on any atom is 0.186 e. The van der Waals surface area contributed by atoms with E-state index in [0.29, 0.717) is 0 Å². The van der Waals surface area contributed by atoms with Gasteiger partial charge < -0.3 is 0 Å². The molecule has 0 aliphatic carbocycles. The lowest BCUT2D eigenvalue weighted by Gasteiger charge is -2.15. The van der Waals surface area contributed by atoms with E-state index in [-0.39, 0.29) is 5.78 Å². The van der Waals surface area contributed by atoms with E-state index in [9.17, 15) is 4.79 Å². The molecule has 0 radical (unpaired) electrons. The van der Waals surface area contributed by atoms with E-state index >= 15 is 0 Å². The third kappa shape index (κ3) is 3.08. The van der Waals surface area contributed by atoms with Gasteiger partial charge in [-0.3, -0.25) is 4.79 Å². The number of Topliss-reactive ketones (excluding diaryl/α,β-unsaturated/α-hetero) is 1. The molecule has 1 aliphatic rings. The van der Waals surface area contributed by atoms with Crippen molar-refractivity contribution in [2.24, 2.45) is 0 Å². The Balaban J connectivity index is 1.87. The topological polar surface area (TPSA) is 17.1 Å². The van der Waals surface area contributed by atoms with Crippen molar-refractivity contribution in [2.75, 3.05) is 11.5 Å². The molecule has 1 saturated heterocycles.